The first kappa shape index (κ1) is 13.3. The van der Waals surface area contributed by atoms with Gasteiger partial charge in [-0.1, -0.05) is 18.2 Å². The van der Waals surface area contributed by atoms with Crippen molar-refractivity contribution in [2.45, 2.75) is 31.7 Å². The van der Waals surface area contributed by atoms with E-state index in [2.05, 4.69) is 23.5 Å². The molecule has 1 aromatic carbocycles. The number of benzene rings is 1. The maximum Gasteiger partial charge on any atom is 0.122 e. The molecule has 1 aliphatic rings. The molecule has 2 aromatic rings. The third-order valence-corrected chi connectivity index (χ3v) is 4.03. The SMILES string of the molecule is COc1ccccc1CCNC1CCCc2occc21. The minimum atomic E-state index is 0.437. The number of nitrogens with one attached hydrogen (secondary N) is 1. The number of ether oxygens (including phenoxy) is 1. The number of rotatable bonds is 5. The molecule has 1 heterocycles. The van der Waals surface area contributed by atoms with Crippen LogP contribution < -0.4 is 10.1 Å². The van der Waals surface area contributed by atoms with Gasteiger partial charge >= 0.3 is 0 Å². The standard InChI is InChI=1S/C17H21NO2/c1-19-16-7-3-2-5-13(16)9-11-18-15-6-4-8-17-14(15)10-12-20-17/h2-3,5,7,10,12,15,18H,4,6,8-9,11H2,1H3. The molecule has 3 heteroatoms. The lowest BCUT2D eigenvalue weighted by Gasteiger charge is -2.23. The minimum absolute atomic E-state index is 0.437. The molecule has 0 aliphatic heterocycles. The molecule has 3 rings (SSSR count). The van der Waals surface area contributed by atoms with Crippen LogP contribution in [0.15, 0.2) is 41.0 Å². The summed E-state index contributed by atoms with van der Waals surface area (Å²) in [5.74, 6) is 2.13. The molecule has 1 N–H and O–H groups in total. The first-order valence-corrected chi connectivity index (χ1v) is 7.30. The summed E-state index contributed by atoms with van der Waals surface area (Å²) >= 11 is 0. The molecule has 0 saturated heterocycles. The van der Waals surface area contributed by atoms with E-state index < -0.39 is 0 Å². The Morgan fingerprint density at radius 3 is 3.10 bits per heavy atom. The molecule has 0 saturated carbocycles. The predicted octanol–water partition coefficient (Wildman–Crippen LogP) is 3.50. The van der Waals surface area contributed by atoms with Gasteiger partial charge in [0.2, 0.25) is 0 Å². The number of methoxy groups -OCH3 is 1. The summed E-state index contributed by atoms with van der Waals surface area (Å²) in [5.41, 5.74) is 2.60. The normalized spacial score (nSPS) is 17.8. The van der Waals surface area contributed by atoms with E-state index in [1.54, 1.807) is 7.11 Å². The first-order chi connectivity index (χ1) is 9.88. The molecule has 0 spiro atoms. The molecule has 0 bridgehead atoms. The second-order valence-electron chi connectivity index (χ2n) is 5.26. The van der Waals surface area contributed by atoms with Crippen LogP contribution in [0.3, 0.4) is 0 Å². The molecular formula is C17H21NO2. The summed E-state index contributed by atoms with van der Waals surface area (Å²) < 4.78 is 10.9. The van der Waals surface area contributed by atoms with Crippen LogP contribution in [0.1, 0.15) is 35.8 Å². The lowest BCUT2D eigenvalue weighted by atomic mass is 9.93. The predicted molar refractivity (Wildman–Crippen MR) is 79.1 cm³/mol. The fourth-order valence-electron chi connectivity index (χ4n) is 2.99. The molecule has 0 fully saturated rings. The van der Waals surface area contributed by atoms with Crippen LogP contribution in [0.25, 0.3) is 0 Å². The topological polar surface area (TPSA) is 34.4 Å². The average molecular weight is 271 g/mol. The van der Waals surface area contributed by atoms with Gasteiger partial charge in [0.05, 0.1) is 13.4 Å². The Bertz CT molecular complexity index is 562. The van der Waals surface area contributed by atoms with Gasteiger partial charge in [-0.05, 0) is 43.5 Å². The molecule has 20 heavy (non-hydrogen) atoms. The van der Waals surface area contributed by atoms with E-state index in [0.29, 0.717) is 6.04 Å². The van der Waals surface area contributed by atoms with Crippen molar-refractivity contribution in [2.24, 2.45) is 0 Å². The van der Waals surface area contributed by atoms with Crippen molar-refractivity contribution in [3.63, 3.8) is 0 Å². The number of hydrogen-bond acceptors (Lipinski definition) is 3. The van der Waals surface area contributed by atoms with Gasteiger partial charge in [-0.2, -0.15) is 0 Å². The number of para-hydroxylation sites is 1. The third kappa shape index (κ3) is 2.73. The summed E-state index contributed by atoms with van der Waals surface area (Å²) in [6.45, 7) is 0.954. The molecule has 0 radical (unpaired) electrons. The van der Waals surface area contributed by atoms with E-state index in [1.165, 1.54) is 24.0 Å². The van der Waals surface area contributed by atoms with Gasteiger partial charge in [0, 0.05) is 18.0 Å². The zero-order valence-corrected chi connectivity index (χ0v) is 11.9. The van der Waals surface area contributed by atoms with Crippen LogP contribution >= 0.6 is 0 Å². The van der Waals surface area contributed by atoms with Crippen LogP contribution in [0.4, 0.5) is 0 Å². The number of furan rings is 1. The van der Waals surface area contributed by atoms with Crippen LogP contribution in [-0.2, 0) is 12.8 Å². The van der Waals surface area contributed by atoms with Crippen LogP contribution in [-0.4, -0.2) is 13.7 Å². The van der Waals surface area contributed by atoms with E-state index in [4.69, 9.17) is 9.15 Å². The van der Waals surface area contributed by atoms with E-state index in [-0.39, 0.29) is 0 Å². The Balaban J connectivity index is 1.59. The highest BCUT2D eigenvalue weighted by atomic mass is 16.5. The van der Waals surface area contributed by atoms with Gasteiger partial charge in [-0.3, -0.25) is 0 Å². The van der Waals surface area contributed by atoms with Gasteiger partial charge in [0.25, 0.3) is 0 Å². The fraction of sp³-hybridized carbons (Fsp3) is 0.412. The lowest BCUT2D eigenvalue weighted by molar-refractivity contribution is 0.401. The maximum absolute atomic E-state index is 5.53. The highest BCUT2D eigenvalue weighted by molar-refractivity contribution is 5.33. The van der Waals surface area contributed by atoms with E-state index >= 15 is 0 Å². The minimum Gasteiger partial charge on any atom is -0.496 e. The maximum atomic E-state index is 5.53. The Morgan fingerprint density at radius 1 is 1.30 bits per heavy atom. The zero-order valence-electron chi connectivity index (χ0n) is 11.9. The Kier molecular flexibility index (Phi) is 4.07. The monoisotopic (exact) mass is 271 g/mol. The summed E-state index contributed by atoms with van der Waals surface area (Å²) in [4.78, 5) is 0. The number of aryl methyl sites for hydroxylation is 1. The zero-order chi connectivity index (χ0) is 13.8. The van der Waals surface area contributed by atoms with Crippen LogP contribution in [0, 0.1) is 0 Å². The first-order valence-electron chi connectivity index (χ1n) is 7.30. The van der Waals surface area contributed by atoms with Crippen molar-refractivity contribution in [2.75, 3.05) is 13.7 Å². The Hall–Kier alpha value is -1.74. The van der Waals surface area contributed by atoms with Crippen LogP contribution in [0.2, 0.25) is 0 Å². The third-order valence-electron chi connectivity index (χ3n) is 4.03. The van der Waals surface area contributed by atoms with E-state index in [1.807, 2.05) is 18.4 Å². The van der Waals surface area contributed by atoms with Crippen LogP contribution in [0.5, 0.6) is 5.75 Å². The smallest absolute Gasteiger partial charge is 0.122 e. The summed E-state index contributed by atoms with van der Waals surface area (Å²) in [5, 5.41) is 3.65. The van der Waals surface area contributed by atoms with Crippen molar-refractivity contribution in [3.8, 4) is 5.75 Å². The van der Waals surface area contributed by atoms with Crippen molar-refractivity contribution >= 4 is 0 Å². The van der Waals surface area contributed by atoms with Gasteiger partial charge in [0.1, 0.15) is 11.5 Å². The Morgan fingerprint density at radius 2 is 2.20 bits per heavy atom. The van der Waals surface area contributed by atoms with E-state index in [0.717, 1.165) is 30.9 Å². The molecule has 3 nitrogen and oxygen atoms in total. The second kappa shape index (κ2) is 6.14. The van der Waals surface area contributed by atoms with Gasteiger partial charge < -0.3 is 14.5 Å². The van der Waals surface area contributed by atoms with Gasteiger partial charge in [-0.25, -0.2) is 0 Å². The van der Waals surface area contributed by atoms with E-state index in [9.17, 15) is 0 Å². The summed E-state index contributed by atoms with van der Waals surface area (Å²) in [6.07, 6.45) is 6.26. The number of hydrogen-bond donors (Lipinski definition) is 1. The molecular weight excluding hydrogens is 250 g/mol. The molecule has 1 aromatic heterocycles. The highest BCUT2D eigenvalue weighted by Gasteiger charge is 2.21. The Labute approximate surface area is 119 Å². The van der Waals surface area contributed by atoms with Crippen molar-refractivity contribution in [1.82, 2.24) is 5.32 Å². The second-order valence-corrected chi connectivity index (χ2v) is 5.26. The lowest BCUT2D eigenvalue weighted by Crippen LogP contribution is -2.26. The van der Waals surface area contributed by atoms with Crippen molar-refractivity contribution in [1.29, 1.82) is 0 Å². The number of fused-ring (bicyclic) bond motifs is 1. The highest BCUT2D eigenvalue weighted by Crippen LogP contribution is 2.30. The molecule has 106 valence electrons. The largest absolute Gasteiger partial charge is 0.496 e. The average Bonchev–Trinajstić information content (AvgIpc) is 2.97. The van der Waals surface area contributed by atoms with Crippen molar-refractivity contribution < 1.29 is 9.15 Å². The van der Waals surface area contributed by atoms with Gasteiger partial charge in [-0.15, -0.1) is 0 Å². The quantitative estimate of drug-likeness (QED) is 0.904. The molecule has 1 unspecified atom stereocenters. The van der Waals surface area contributed by atoms with Crippen molar-refractivity contribution in [3.05, 3.63) is 53.5 Å². The molecule has 0 amide bonds. The summed E-state index contributed by atoms with van der Waals surface area (Å²) in [7, 11) is 1.73. The summed E-state index contributed by atoms with van der Waals surface area (Å²) in [6, 6.07) is 10.8. The molecule has 1 atom stereocenters. The van der Waals surface area contributed by atoms with Gasteiger partial charge in [0.15, 0.2) is 0 Å². The fourth-order valence-corrected chi connectivity index (χ4v) is 2.99. The molecule has 1 aliphatic carbocycles.